The number of benzene rings is 1. The van der Waals surface area contributed by atoms with Crippen molar-refractivity contribution >= 4 is 32.8 Å². The molecular weight excluding hydrogens is 404 g/mol. The van der Waals surface area contributed by atoms with Gasteiger partial charge in [0, 0.05) is 38.5 Å². The molecule has 2 aromatic heterocycles. The molecule has 1 amide bonds. The molecule has 30 heavy (non-hydrogen) atoms. The van der Waals surface area contributed by atoms with Crippen LogP contribution in [0.5, 0.6) is 0 Å². The molecule has 4 rings (SSSR count). The van der Waals surface area contributed by atoms with Gasteiger partial charge in [0.1, 0.15) is 11.6 Å². The van der Waals surface area contributed by atoms with Gasteiger partial charge in [-0.1, -0.05) is 6.92 Å². The number of aromatic nitrogens is 4. The van der Waals surface area contributed by atoms with Crippen LogP contribution < -0.4 is 5.32 Å². The second-order valence-electron chi connectivity index (χ2n) is 7.46. The number of nitrogens with one attached hydrogen (secondary N) is 2. The molecule has 3 heterocycles. The number of sulfonamides is 1. The van der Waals surface area contributed by atoms with Crippen molar-refractivity contribution in [2.24, 2.45) is 0 Å². The van der Waals surface area contributed by atoms with E-state index in [9.17, 15) is 13.2 Å². The second-order valence-corrected chi connectivity index (χ2v) is 9.40. The summed E-state index contributed by atoms with van der Waals surface area (Å²) in [5, 5.41) is 9.27. The molecule has 1 aliphatic rings. The summed E-state index contributed by atoms with van der Waals surface area (Å²) in [5.41, 5.74) is 1.54. The van der Waals surface area contributed by atoms with Crippen molar-refractivity contribution in [3.63, 3.8) is 0 Å². The number of anilines is 1. The summed E-state index contributed by atoms with van der Waals surface area (Å²) >= 11 is 0. The highest BCUT2D eigenvalue weighted by Gasteiger charge is 2.27. The molecule has 0 bridgehead atoms. The van der Waals surface area contributed by atoms with Crippen LogP contribution in [0.15, 0.2) is 35.4 Å². The third-order valence-electron chi connectivity index (χ3n) is 5.30. The van der Waals surface area contributed by atoms with Gasteiger partial charge in [-0.15, -0.1) is 0 Å². The summed E-state index contributed by atoms with van der Waals surface area (Å²) < 4.78 is 29.4. The molecule has 9 nitrogen and oxygen atoms in total. The van der Waals surface area contributed by atoms with Gasteiger partial charge in [0.25, 0.3) is 0 Å². The fraction of sp³-hybridized carbons (Fsp3) is 0.450. The lowest BCUT2D eigenvalue weighted by Gasteiger charge is -2.15. The Labute approximate surface area is 175 Å². The summed E-state index contributed by atoms with van der Waals surface area (Å²) in [6.45, 7) is 3.97. The summed E-state index contributed by atoms with van der Waals surface area (Å²) in [7, 11) is -3.49. The van der Waals surface area contributed by atoms with Gasteiger partial charge in [-0.3, -0.25) is 9.89 Å². The van der Waals surface area contributed by atoms with Gasteiger partial charge in [0.15, 0.2) is 0 Å². The molecule has 0 spiro atoms. The van der Waals surface area contributed by atoms with Crippen molar-refractivity contribution in [3.05, 3.63) is 36.3 Å². The molecule has 2 N–H and O–H groups in total. The Morgan fingerprint density at radius 2 is 2.03 bits per heavy atom. The average Bonchev–Trinajstić information content (AvgIpc) is 3.48. The van der Waals surface area contributed by atoms with Crippen molar-refractivity contribution in [1.29, 1.82) is 0 Å². The third-order valence-corrected chi connectivity index (χ3v) is 7.19. The average molecular weight is 431 g/mol. The Hall–Kier alpha value is -2.72. The number of fused-ring (bicyclic) bond motifs is 1. The first-order valence-electron chi connectivity index (χ1n) is 10.3. The van der Waals surface area contributed by atoms with Gasteiger partial charge < -0.3 is 9.88 Å². The highest BCUT2D eigenvalue weighted by atomic mass is 32.2. The molecule has 160 valence electrons. The number of aryl methyl sites for hydroxylation is 2. The lowest BCUT2D eigenvalue weighted by atomic mass is 10.2. The van der Waals surface area contributed by atoms with Crippen LogP contribution in [-0.4, -0.2) is 51.5 Å². The molecule has 0 unspecified atom stereocenters. The number of rotatable bonds is 8. The van der Waals surface area contributed by atoms with E-state index >= 15 is 0 Å². The smallest absolute Gasteiger partial charge is 0.243 e. The molecule has 1 fully saturated rings. The first-order chi connectivity index (χ1) is 14.5. The number of carbonyl (C=O) groups excluding carboxylic acids is 1. The minimum absolute atomic E-state index is 0.133. The van der Waals surface area contributed by atoms with Crippen LogP contribution >= 0.6 is 0 Å². The zero-order valence-corrected chi connectivity index (χ0v) is 17.8. The lowest BCUT2D eigenvalue weighted by Crippen LogP contribution is -2.27. The van der Waals surface area contributed by atoms with Crippen molar-refractivity contribution < 1.29 is 13.2 Å². The number of aromatic amines is 1. The molecule has 0 aliphatic carbocycles. The van der Waals surface area contributed by atoms with E-state index in [1.54, 1.807) is 24.4 Å². The molecule has 0 saturated carbocycles. The molecule has 1 saturated heterocycles. The Morgan fingerprint density at radius 3 is 2.73 bits per heavy atom. The SMILES string of the molecule is CCCn1c(CCC(=O)Nc2ccn[nH]2)nc2cc(S(=O)(=O)N3CCCC3)ccc21. The fourth-order valence-corrected chi connectivity index (χ4v) is 5.36. The zero-order valence-electron chi connectivity index (χ0n) is 17.0. The monoisotopic (exact) mass is 430 g/mol. The Kier molecular flexibility index (Phi) is 5.87. The van der Waals surface area contributed by atoms with Gasteiger partial charge >= 0.3 is 0 Å². The minimum Gasteiger partial charge on any atom is -0.328 e. The van der Waals surface area contributed by atoms with Crippen LogP contribution in [0.4, 0.5) is 5.82 Å². The maximum atomic E-state index is 12.9. The summed E-state index contributed by atoms with van der Waals surface area (Å²) in [4.78, 5) is 17.2. The summed E-state index contributed by atoms with van der Waals surface area (Å²) in [5.74, 6) is 1.20. The third kappa shape index (κ3) is 4.10. The molecule has 1 aliphatic heterocycles. The maximum absolute atomic E-state index is 12.9. The van der Waals surface area contributed by atoms with Crippen LogP contribution in [0.2, 0.25) is 0 Å². The van der Waals surface area contributed by atoms with E-state index in [1.165, 1.54) is 4.31 Å². The van der Waals surface area contributed by atoms with E-state index in [0.717, 1.165) is 37.1 Å². The normalized spacial score (nSPS) is 15.1. The topological polar surface area (TPSA) is 113 Å². The van der Waals surface area contributed by atoms with E-state index < -0.39 is 10.0 Å². The predicted molar refractivity (Wildman–Crippen MR) is 114 cm³/mol. The first-order valence-corrected chi connectivity index (χ1v) is 11.7. The largest absolute Gasteiger partial charge is 0.328 e. The van der Waals surface area contributed by atoms with E-state index in [-0.39, 0.29) is 17.2 Å². The molecule has 10 heteroatoms. The highest BCUT2D eigenvalue weighted by molar-refractivity contribution is 7.89. The number of amides is 1. The number of hydrogen-bond donors (Lipinski definition) is 2. The van der Waals surface area contributed by atoms with Crippen molar-refractivity contribution in [2.45, 2.75) is 50.5 Å². The standard InChI is InChI=1S/C20H26N6O3S/c1-2-11-26-17-6-5-15(30(28,29)25-12-3-4-13-25)14-16(17)22-19(26)7-8-20(27)23-18-9-10-21-24-18/h5-6,9-10,14H,2-4,7-8,11-13H2,1H3,(H2,21,23,24,27). The van der Waals surface area contributed by atoms with Crippen LogP contribution in [0.3, 0.4) is 0 Å². The fourth-order valence-electron chi connectivity index (χ4n) is 3.82. The van der Waals surface area contributed by atoms with Gasteiger partial charge in [0.2, 0.25) is 15.9 Å². The first kappa shape index (κ1) is 20.5. The Balaban J connectivity index is 1.58. The molecule has 1 aromatic carbocycles. The van der Waals surface area contributed by atoms with E-state index in [2.05, 4.69) is 32.0 Å². The van der Waals surface area contributed by atoms with Crippen molar-refractivity contribution in [1.82, 2.24) is 24.1 Å². The van der Waals surface area contributed by atoms with Crippen LogP contribution in [0.1, 0.15) is 38.4 Å². The van der Waals surface area contributed by atoms with Crippen LogP contribution in [0, 0.1) is 0 Å². The maximum Gasteiger partial charge on any atom is 0.243 e. The van der Waals surface area contributed by atoms with Crippen LogP contribution in [0.25, 0.3) is 11.0 Å². The molecular formula is C20H26N6O3S. The van der Waals surface area contributed by atoms with Crippen molar-refractivity contribution in [3.8, 4) is 0 Å². The number of carbonyl (C=O) groups is 1. The number of nitrogens with zero attached hydrogens (tertiary/aromatic N) is 4. The Morgan fingerprint density at radius 1 is 1.23 bits per heavy atom. The number of H-pyrrole nitrogens is 1. The molecule has 3 aromatic rings. The lowest BCUT2D eigenvalue weighted by molar-refractivity contribution is -0.116. The van der Waals surface area contributed by atoms with Gasteiger partial charge in [0.05, 0.1) is 22.1 Å². The highest BCUT2D eigenvalue weighted by Crippen LogP contribution is 2.26. The quantitative estimate of drug-likeness (QED) is 0.570. The van der Waals surface area contributed by atoms with Crippen molar-refractivity contribution in [2.75, 3.05) is 18.4 Å². The number of hydrogen-bond acceptors (Lipinski definition) is 5. The predicted octanol–water partition coefficient (Wildman–Crippen LogP) is 2.53. The van der Waals surface area contributed by atoms with Gasteiger partial charge in [-0.25, -0.2) is 13.4 Å². The summed E-state index contributed by atoms with van der Waals surface area (Å²) in [6, 6.07) is 6.84. The molecule has 0 atom stereocenters. The minimum atomic E-state index is -3.49. The Bertz CT molecular complexity index is 1130. The van der Waals surface area contributed by atoms with E-state index in [0.29, 0.717) is 30.8 Å². The molecule has 0 radical (unpaired) electrons. The summed E-state index contributed by atoms with van der Waals surface area (Å²) in [6.07, 6.45) is 5.01. The second kappa shape index (κ2) is 8.57. The zero-order chi connectivity index (χ0) is 21.1. The van der Waals surface area contributed by atoms with Gasteiger partial charge in [-0.2, -0.15) is 9.40 Å². The van der Waals surface area contributed by atoms with E-state index in [4.69, 9.17) is 0 Å². The van der Waals surface area contributed by atoms with Crippen LogP contribution in [-0.2, 0) is 27.8 Å². The van der Waals surface area contributed by atoms with Gasteiger partial charge in [-0.05, 0) is 37.5 Å². The van der Waals surface area contributed by atoms with E-state index in [1.807, 2.05) is 6.07 Å². The number of imidazole rings is 1.